The number of hydrogen-bond acceptors (Lipinski definition) is 4. The summed E-state index contributed by atoms with van der Waals surface area (Å²) in [5, 5.41) is 0. The van der Waals surface area contributed by atoms with Crippen LogP contribution in [-0.2, 0) is 0 Å². The number of carbonyl (C=O) groups is 1. The van der Waals surface area contributed by atoms with Crippen molar-refractivity contribution >= 4 is 11.6 Å². The number of nitrogens with two attached hydrogens (primary N) is 2. The van der Waals surface area contributed by atoms with Crippen molar-refractivity contribution in [2.24, 2.45) is 5.73 Å². The highest BCUT2D eigenvalue weighted by Crippen LogP contribution is 2.28. The Morgan fingerprint density at radius 3 is 2.63 bits per heavy atom. The van der Waals surface area contributed by atoms with E-state index in [1.165, 1.54) is 12.3 Å². The summed E-state index contributed by atoms with van der Waals surface area (Å²) in [7, 11) is 0. The first kappa shape index (κ1) is 12.9. The van der Waals surface area contributed by atoms with Gasteiger partial charge in [0, 0.05) is 18.0 Å². The minimum absolute atomic E-state index is 0.169. The molecule has 1 aromatic heterocycles. The molecule has 5 heteroatoms. The summed E-state index contributed by atoms with van der Waals surface area (Å²) in [5.41, 5.74) is 13.7. The fourth-order valence-corrected chi connectivity index (χ4v) is 1.66. The van der Waals surface area contributed by atoms with Crippen molar-refractivity contribution in [3.8, 4) is 11.5 Å². The highest BCUT2D eigenvalue weighted by Gasteiger charge is 2.07. The molecule has 0 spiro atoms. The van der Waals surface area contributed by atoms with Gasteiger partial charge in [-0.05, 0) is 43.2 Å². The lowest BCUT2D eigenvalue weighted by molar-refractivity contribution is 0.0995. The lowest BCUT2D eigenvalue weighted by atomic mass is 10.1. The van der Waals surface area contributed by atoms with E-state index in [0.29, 0.717) is 11.5 Å². The van der Waals surface area contributed by atoms with Crippen LogP contribution in [0.25, 0.3) is 0 Å². The summed E-state index contributed by atoms with van der Waals surface area (Å²) in [4.78, 5) is 14.9. The fourth-order valence-electron chi connectivity index (χ4n) is 1.66. The van der Waals surface area contributed by atoms with Gasteiger partial charge in [0.25, 0.3) is 5.91 Å². The van der Waals surface area contributed by atoms with Crippen molar-refractivity contribution in [2.45, 2.75) is 13.8 Å². The number of aryl methyl sites for hydroxylation is 2. The Kier molecular flexibility index (Phi) is 3.37. The minimum Gasteiger partial charge on any atom is -0.457 e. The Hall–Kier alpha value is -2.56. The Morgan fingerprint density at radius 1 is 1.21 bits per heavy atom. The summed E-state index contributed by atoms with van der Waals surface area (Å²) in [5.74, 6) is 0.611. The maximum Gasteiger partial charge on any atom is 0.267 e. The van der Waals surface area contributed by atoms with Gasteiger partial charge in [-0.15, -0.1) is 0 Å². The number of nitrogen functional groups attached to an aromatic ring is 1. The third kappa shape index (κ3) is 2.82. The van der Waals surface area contributed by atoms with E-state index in [0.717, 1.165) is 16.8 Å². The van der Waals surface area contributed by atoms with Crippen molar-refractivity contribution in [3.05, 3.63) is 47.3 Å². The summed E-state index contributed by atoms with van der Waals surface area (Å²) < 4.78 is 5.73. The number of anilines is 1. The average Bonchev–Trinajstić information content (AvgIpc) is 2.36. The normalized spacial score (nSPS) is 10.2. The van der Waals surface area contributed by atoms with Crippen LogP contribution in [0.3, 0.4) is 0 Å². The van der Waals surface area contributed by atoms with Gasteiger partial charge >= 0.3 is 0 Å². The third-order valence-electron chi connectivity index (χ3n) is 2.78. The molecule has 2 rings (SSSR count). The largest absolute Gasteiger partial charge is 0.457 e. The molecule has 2 aromatic rings. The van der Waals surface area contributed by atoms with Crippen molar-refractivity contribution in [1.29, 1.82) is 0 Å². The quantitative estimate of drug-likeness (QED) is 0.824. The van der Waals surface area contributed by atoms with E-state index in [9.17, 15) is 4.79 Å². The third-order valence-corrected chi connectivity index (χ3v) is 2.78. The molecular weight excluding hydrogens is 242 g/mol. The van der Waals surface area contributed by atoms with Crippen LogP contribution in [0.2, 0.25) is 0 Å². The number of benzene rings is 1. The van der Waals surface area contributed by atoms with Crippen LogP contribution in [-0.4, -0.2) is 10.9 Å². The van der Waals surface area contributed by atoms with E-state index in [-0.39, 0.29) is 5.69 Å². The van der Waals surface area contributed by atoms with Gasteiger partial charge < -0.3 is 16.2 Å². The van der Waals surface area contributed by atoms with Crippen LogP contribution in [0.15, 0.2) is 30.5 Å². The van der Waals surface area contributed by atoms with Gasteiger partial charge in [0.15, 0.2) is 0 Å². The Labute approximate surface area is 111 Å². The van der Waals surface area contributed by atoms with Gasteiger partial charge in [0.2, 0.25) is 0 Å². The van der Waals surface area contributed by atoms with Crippen molar-refractivity contribution in [2.75, 3.05) is 5.73 Å². The van der Waals surface area contributed by atoms with Gasteiger partial charge in [-0.2, -0.15) is 0 Å². The summed E-state index contributed by atoms with van der Waals surface area (Å²) >= 11 is 0. The van der Waals surface area contributed by atoms with E-state index in [1.807, 2.05) is 26.0 Å². The van der Waals surface area contributed by atoms with Crippen LogP contribution in [0.5, 0.6) is 11.5 Å². The van der Waals surface area contributed by atoms with Gasteiger partial charge in [-0.25, -0.2) is 0 Å². The molecule has 0 bridgehead atoms. The molecule has 0 aliphatic rings. The number of primary amides is 1. The number of hydrogen-bond donors (Lipinski definition) is 2. The zero-order chi connectivity index (χ0) is 14.0. The minimum atomic E-state index is -0.587. The maximum atomic E-state index is 11.1. The number of aromatic nitrogens is 1. The monoisotopic (exact) mass is 257 g/mol. The summed E-state index contributed by atoms with van der Waals surface area (Å²) in [6.45, 7) is 3.81. The second-order valence-corrected chi connectivity index (χ2v) is 4.32. The molecule has 0 radical (unpaired) electrons. The molecule has 4 N–H and O–H groups in total. The first-order valence-corrected chi connectivity index (χ1v) is 5.78. The van der Waals surface area contributed by atoms with E-state index in [4.69, 9.17) is 16.2 Å². The zero-order valence-corrected chi connectivity index (χ0v) is 10.8. The number of carbonyl (C=O) groups excluding carboxylic acids is 1. The Bertz CT molecular complexity index is 639. The molecule has 0 unspecified atom stereocenters. The van der Waals surface area contributed by atoms with E-state index in [1.54, 1.807) is 6.07 Å². The number of ether oxygens (including phenoxy) is 1. The molecule has 0 aliphatic heterocycles. The van der Waals surface area contributed by atoms with Crippen molar-refractivity contribution in [3.63, 3.8) is 0 Å². The molecule has 98 valence electrons. The second-order valence-electron chi connectivity index (χ2n) is 4.32. The number of rotatable bonds is 3. The summed E-state index contributed by atoms with van der Waals surface area (Å²) in [6.07, 6.45) is 1.48. The predicted molar refractivity (Wildman–Crippen MR) is 73.2 cm³/mol. The van der Waals surface area contributed by atoms with Crippen LogP contribution in [0, 0.1) is 13.8 Å². The Balaban J connectivity index is 2.33. The standard InChI is InChI=1S/C14H15N3O2/c1-8-6-13(9(2)5-11(8)15)19-10-3-4-17-12(7-10)14(16)18/h3-7H,15H2,1-2H3,(H2,16,18). The number of pyridine rings is 1. The molecule has 0 atom stereocenters. The van der Waals surface area contributed by atoms with Gasteiger partial charge in [-0.3, -0.25) is 9.78 Å². The molecular formula is C14H15N3O2. The van der Waals surface area contributed by atoms with E-state index >= 15 is 0 Å². The predicted octanol–water partition coefficient (Wildman–Crippen LogP) is 2.17. The fraction of sp³-hybridized carbons (Fsp3) is 0.143. The molecule has 1 amide bonds. The first-order valence-electron chi connectivity index (χ1n) is 5.78. The Morgan fingerprint density at radius 2 is 1.95 bits per heavy atom. The SMILES string of the molecule is Cc1cc(Oc2ccnc(C(N)=O)c2)c(C)cc1N. The molecule has 5 nitrogen and oxygen atoms in total. The molecule has 19 heavy (non-hydrogen) atoms. The van der Waals surface area contributed by atoms with E-state index < -0.39 is 5.91 Å². The molecule has 1 heterocycles. The number of nitrogens with zero attached hydrogens (tertiary/aromatic N) is 1. The highest BCUT2D eigenvalue weighted by molar-refractivity contribution is 5.91. The second kappa shape index (κ2) is 4.97. The first-order chi connectivity index (χ1) is 8.97. The highest BCUT2D eigenvalue weighted by atomic mass is 16.5. The molecule has 0 aliphatic carbocycles. The summed E-state index contributed by atoms with van der Waals surface area (Å²) in [6, 6.07) is 6.88. The maximum absolute atomic E-state index is 11.1. The van der Waals surface area contributed by atoms with Crippen LogP contribution >= 0.6 is 0 Å². The molecule has 0 fully saturated rings. The van der Waals surface area contributed by atoms with Crippen LogP contribution < -0.4 is 16.2 Å². The van der Waals surface area contributed by atoms with Crippen LogP contribution in [0.1, 0.15) is 21.6 Å². The smallest absolute Gasteiger partial charge is 0.267 e. The lowest BCUT2D eigenvalue weighted by Gasteiger charge is -2.11. The zero-order valence-electron chi connectivity index (χ0n) is 10.8. The average molecular weight is 257 g/mol. The topological polar surface area (TPSA) is 91.2 Å². The number of amides is 1. The molecule has 0 saturated heterocycles. The lowest BCUT2D eigenvalue weighted by Crippen LogP contribution is -2.12. The van der Waals surface area contributed by atoms with Crippen molar-refractivity contribution in [1.82, 2.24) is 4.98 Å². The molecule has 0 saturated carbocycles. The molecule has 1 aromatic carbocycles. The van der Waals surface area contributed by atoms with Crippen molar-refractivity contribution < 1.29 is 9.53 Å². The van der Waals surface area contributed by atoms with Gasteiger partial charge in [-0.1, -0.05) is 0 Å². The van der Waals surface area contributed by atoms with E-state index in [2.05, 4.69) is 4.98 Å². The van der Waals surface area contributed by atoms with Gasteiger partial charge in [0.1, 0.15) is 17.2 Å². The van der Waals surface area contributed by atoms with Crippen LogP contribution in [0.4, 0.5) is 5.69 Å². The van der Waals surface area contributed by atoms with Gasteiger partial charge in [0.05, 0.1) is 0 Å².